The maximum atomic E-state index is 13.1. The highest BCUT2D eigenvalue weighted by molar-refractivity contribution is 7.91. The fourth-order valence-corrected chi connectivity index (χ4v) is 5.44. The smallest absolute Gasteiger partial charge is 0.252 e. The first kappa shape index (κ1) is 20.4. The van der Waals surface area contributed by atoms with Gasteiger partial charge in [0.15, 0.2) is 11.5 Å². The Morgan fingerprint density at radius 3 is 2.54 bits per heavy atom. The minimum absolute atomic E-state index is 0.265. The number of rotatable bonds is 9. The average Bonchev–Trinajstić information content (AvgIpc) is 3.37. The molecule has 0 amide bonds. The average molecular weight is 422 g/mol. The van der Waals surface area contributed by atoms with E-state index in [1.54, 1.807) is 42.6 Å². The first-order chi connectivity index (χ1) is 13.4. The summed E-state index contributed by atoms with van der Waals surface area (Å²) in [5.74, 6) is 1.27. The predicted molar refractivity (Wildman–Crippen MR) is 108 cm³/mol. The van der Waals surface area contributed by atoms with Gasteiger partial charge in [-0.3, -0.25) is 4.68 Å². The highest BCUT2D eigenvalue weighted by Crippen LogP contribution is 2.28. The number of hydrogen-bond donors (Lipinski definition) is 0. The van der Waals surface area contributed by atoms with Crippen LogP contribution in [0.2, 0.25) is 0 Å². The van der Waals surface area contributed by atoms with Gasteiger partial charge < -0.3 is 9.47 Å². The van der Waals surface area contributed by atoms with Gasteiger partial charge in [-0.2, -0.15) is 9.40 Å². The molecule has 0 aliphatic rings. The Morgan fingerprint density at radius 2 is 1.93 bits per heavy atom. The van der Waals surface area contributed by atoms with E-state index in [9.17, 15) is 8.42 Å². The van der Waals surface area contributed by atoms with Crippen molar-refractivity contribution in [3.63, 3.8) is 0 Å². The molecule has 28 heavy (non-hydrogen) atoms. The number of aromatic nitrogens is 2. The summed E-state index contributed by atoms with van der Waals surface area (Å²) < 4.78 is 40.3. The van der Waals surface area contributed by atoms with Crippen LogP contribution in [0, 0.1) is 0 Å². The normalized spacial score (nSPS) is 11.7. The fourth-order valence-electron chi connectivity index (χ4n) is 2.87. The molecule has 0 radical (unpaired) electrons. The second-order valence-corrected chi connectivity index (χ2v) is 9.34. The molecule has 3 rings (SSSR count). The number of hydrogen-bond acceptors (Lipinski definition) is 6. The van der Waals surface area contributed by atoms with Crippen LogP contribution in [-0.2, 0) is 30.0 Å². The van der Waals surface area contributed by atoms with E-state index in [0.717, 1.165) is 11.1 Å². The van der Waals surface area contributed by atoms with Crippen molar-refractivity contribution in [2.24, 2.45) is 7.05 Å². The molecule has 0 N–H and O–H groups in total. The lowest BCUT2D eigenvalue weighted by atomic mass is 10.1. The van der Waals surface area contributed by atoms with Crippen LogP contribution in [0.5, 0.6) is 11.5 Å². The summed E-state index contributed by atoms with van der Waals surface area (Å²) in [5, 5.41) is 5.91. The van der Waals surface area contributed by atoms with E-state index < -0.39 is 10.0 Å². The van der Waals surface area contributed by atoms with Crippen LogP contribution in [-0.4, -0.2) is 43.3 Å². The van der Waals surface area contributed by atoms with Crippen LogP contribution < -0.4 is 9.47 Å². The molecule has 2 aromatic heterocycles. The molecule has 0 unspecified atom stereocenters. The number of nitrogens with zero attached hydrogens (tertiary/aromatic N) is 3. The number of benzene rings is 1. The Bertz CT molecular complexity index is 1010. The van der Waals surface area contributed by atoms with Crippen molar-refractivity contribution in [3.8, 4) is 11.5 Å². The van der Waals surface area contributed by atoms with Crippen LogP contribution in [0.25, 0.3) is 0 Å². The van der Waals surface area contributed by atoms with E-state index in [4.69, 9.17) is 9.47 Å². The van der Waals surface area contributed by atoms with Gasteiger partial charge in [0.2, 0.25) is 0 Å². The van der Waals surface area contributed by atoms with Crippen molar-refractivity contribution < 1.29 is 17.9 Å². The Kier molecular flexibility index (Phi) is 6.38. The van der Waals surface area contributed by atoms with Gasteiger partial charge in [0, 0.05) is 31.9 Å². The minimum atomic E-state index is -3.59. The van der Waals surface area contributed by atoms with Crippen molar-refractivity contribution >= 4 is 21.4 Å². The summed E-state index contributed by atoms with van der Waals surface area (Å²) in [6.45, 7) is 0.603. The number of aryl methyl sites for hydroxylation is 1. The zero-order valence-electron chi connectivity index (χ0n) is 16.0. The lowest BCUT2D eigenvalue weighted by Crippen LogP contribution is -2.32. The lowest BCUT2D eigenvalue weighted by molar-refractivity contribution is 0.354. The van der Waals surface area contributed by atoms with Gasteiger partial charge in [-0.25, -0.2) is 8.42 Å². The Labute approximate surface area is 169 Å². The second-order valence-electron chi connectivity index (χ2n) is 6.23. The number of ether oxygens (including phenoxy) is 2. The SMILES string of the molecule is COc1ccc(CCN(Cc2cnn(C)c2)S(=O)(=O)c2cccs2)cc1OC. The minimum Gasteiger partial charge on any atom is -0.493 e. The van der Waals surface area contributed by atoms with E-state index >= 15 is 0 Å². The van der Waals surface area contributed by atoms with Gasteiger partial charge in [-0.05, 0) is 35.6 Å². The van der Waals surface area contributed by atoms with E-state index in [0.29, 0.717) is 28.7 Å². The molecule has 0 saturated carbocycles. The molecule has 3 aromatic rings. The van der Waals surface area contributed by atoms with E-state index in [1.165, 1.54) is 15.6 Å². The van der Waals surface area contributed by atoms with Gasteiger partial charge in [0.05, 0.1) is 20.4 Å². The van der Waals surface area contributed by atoms with Crippen molar-refractivity contribution in [3.05, 3.63) is 59.2 Å². The van der Waals surface area contributed by atoms with Crippen LogP contribution in [0.3, 0.4) is 0 Å². The van der Waals surface area contributed by atoms with E-state index in [2.05, 4.69) is 5.10 Å². The molecule has 0 bridgehead atoms. The zero-order chi connectivity index (χ0) is 20.1. The highest BCUT2D eigenvalue weighted by Gasteiger charge is 2.26. The maximum absolute atomic E-state index is 13.1. The van der Waals surface area contributed by atoms with Crippen LogP contribution in [0.15, 0.2) is 52.3 Å². The molecular formula is C19H23N3O4S2. The lowest BCUT2D eigenvalue weighted by Gasteiger charge is -2.21. The van der Waals surface area contributed by atoms with Gasteiger partial charge in [-0.15, -0.1) is 11.3 Å². The Balaban J connectivity index is 1.83. The zero-order valence-corrected chi connectivity index (χ0v) is 17.7. The van der Waals surface area contributed by atoms with Crippen molar-refractivity contribution in [1.82, 2.24) is 14.1 Å². The molecular weight excluding hydrogens is 398 g/mol. The summed E-state index contributed by atoms with van der Waals surface area (Å²) in [7, 11) is 1.39. The standard InChI is InChI=1S/C19H23N3O4S2/c1-21-13-16(12-20-21)14-22(28(23,24)19-5-4-10-27-19)9-8-15-6-7-17(25-2)18(11-15)26-3/h4-7,10-13H,8-9,14H2,1-3H3. The summed E-state index contributed by atoms with van der Waals surface area (Å²) >= 11 is 1.22. The quantitative estimate of drug-likeness (QED) is 0.531. The molecule has 0 aliphatic heterocycles. The van der Waals surface area contributed by atoms with Gasteiger partial charge in [-0.1, -0.05) is 12.1 Å². The number of thiophene rings is 1. The van der Waals surface area contributed by atoms with Crippen molar-refractivity contribution in [2.45, 2.75) is 17.2 Å². The summed E-state index contributed by atoms with van der Waals surface area (Å²) in [5.41, 5.74) is 1.81. The molecule has 0 spiro atoms. The third-order valence-corrected chi connectivity index (χ3v) is 7.52. The highest BCUT2D eigenvalue weighted by atomic mass is 32.2. The molecule has 0 aliphatic carbocycles. The molecule has 0 saturated heterocycles. The second kappa shape index (κ2) is 8.76. The van der Waals surface area contributed by atoms with Crippen LogP contribution in [0.4, 0.5) is 0 Å². The molecule has 150 valence electrons. The monoisotopic (exact) mass is 421 g/mol. The van der Waals surface area contributed by atoms with E-state index in [1.807, 2.05) is 31.4 Å². The van der Waals surface area contributed by atoms with Gasteiger partial charge >= 0.3 is 0 Å². The predicted octanol–water partition coefficient (Wildman–Crippen LogP) is 2.93. The Morgan fingerprint density at radius 1 is 1.14 bits per heavy atom. The van der Waals surface area contributed by atoms with Crippen LogP contribution >= 0.6 is 11.3 Å². The number of methoxy groups -OCH3 is 2. The first-order valence-corrected chi connectivity index (χ1v) is 11.0. The topological polar surface area (TPSA) is 73.7 Å². The molecule has 1 aromatic carbocycles. The van der Waals surface area contributed by atoms with Gasteiger partial charge in [0.25, 0.3) is 10.0 Å². The van der Waals surface area contributed by atoms with Gasteiger partial charge in [0.1, 0.15) is 4.21 Å². The molecule has 0 fully saturated rings. The summed E-state index contributed by atoms with van der Waals surface area (Å²) in [6, 6.07) is 8.99. The van der Waals surface area contributed by atoms with Crippen LogP contribution in [0.1, 0.15) is 11.1 Å². The molecule has 7 nitrogen and oxygen atoms in total. The third kappa shape index (κ3) is 4.54. The molecule has 9 heteroatoms. The summed E-state index contributed by atoms with van der Waals surface area (Å²) in [6.07, 6.45) is 4.06. The maximum Gasteiger partial charge on any atom is 0.252 e. The largest absolute Gasteiger partial charge is 0.493 e. The summed E-state index contributed by atoms with van der Waals surface area (Å²) in [4.78, 5) is 0. The first-order valence-electron chi connectivity index (χ1n) is 8.66. The molecule has 0 atom stereocenters. The number of sulfonamides is 1. The van der Waals surface area contributed by atoms with Crippen molar-refractivity contribution in [2.75, 3.05) is 20.8 Å². The van der Waals surface area contributed by atoms with E-state index in [-0.39, 0.29) is 6.54 Å². The molecule has 2 heterocycles. The van der Waals surface area contributed by atoms with Crippen molar-refractivity contribution in [1.29, 1.82) is 0 Å². The fraction of sp³-hybridized carbons (Fsp3) is 0.316. The Hall–Kier alpha value is -2.36. The third-order valence-electron chi connectivity index (χ3n) is 4.30.